The first-order chi connectivity index (χ1) is 8.56. The fraction of sp³-hybridized carbons (Fsp3) is 0.0833. The quantitative estimate of drug-likeness (QED) is 0.493. The van der Waals surface area contributed by atoms with Gasteiger partial charge in [0.05, 0.1) is 6.07 Å². The van der Waals surface area contributed by atoms with Crippen molar-refractivity contribution >= 4 is 27.6 Å². The lowest BCUT2D eigenvalue weighted by molar-refractivity contribution is -0.402. The van der Waals surface area contributed by atoms with Crippen LogP contribution in [0.4, 0.5) is 5.88 Å². The average Bonchev–Trinajstić information content (AvgIpc) is 2.78. The van der Waals surface area contributed by atoms with Gasteiger partial charge in [-0.05, 0) is 23.8 Å². The molecule has 0 atom stereocenters. The highest BCUT2D eigenvalue weighted by Gasteiger charge is 2.17. The molecule has 92 valence electrons. The topological polar surface area (TPSA) is 73.3 Å². The molecule has 0 aliphatic carbocycles. The van der Waals surface area contributed by atoms with Gasteiger partial charge in [-0.15, -0.1) is 0 Å². The van der Waals surface area contributed by atoms with Crippen molar-refractivity contribution in [3.8, 4) is 0 Å². The molecule has 1 aromatic heterocycles. The van der Waals surface area contributed by atoms with Gasteiger partial charge >= 0.3 is 5.88 Å². The minimum absolute atomic E-state index is 0.00155. The van der Waals surface area contributed by atoms with E-state index in [1.54, 1.807) is 6.07 Å². The van der Waals surface area contributed by atoms with Gasteiger partial charge in [-0.25, -0.2) is 0 Å². The van der Waals surface area contributed by atoms with E-state index < -0.39 is 10.8 Å². The van der Waals surface area contributed by atoms with Gasteiger partial charge in [0.25, 0.3) is 0 Å². The van der Waals surface area contributed by atoms with Crippen molar-refractivity contribution in [1.29, 1.82) is 0 Å². The zero-order chi connectivity index (χ0) is 13.1. The molecule has 0 bridgehead atoms. The molecule has 0 fully saturated rings. The molecule has 0 amide bonds. The molecule has 0 aliphatic heterocycles. The van der Waals surface area contributed by atoms with Crippen molar-refractivity contribution in [3.05, 3.63) is 62.3 Å². The van der Waals surface area contributed by atoms with E-state index in [1.165, 1.54) is 12.1 Å². The largest absolute Gasteiger partial charge is 0.433 e. The van der Waals surface area contributed by atoms with Crippen molar-refractivity contribution in [2.45, 2.75) is 6.42 Å². The number of halogens is 1. The molecule has 0 aliphatic rings. The fourth-order valence-corrected chi connectivity index (χ4v) is 1.94. The van der Waals surface area contributed by atoms with Crippen molar-refractivity contribution in [1.82, 2.24) is 0 Å². The van der Waals surface area contributed by atoms with E-state index >= 15 is 0 Å². The van der Waals surface area contributed by atoms with Crippen molar-refractivity contribution in [3.63, 3.8) is 0 Å². The first-order valence-electron chi connectivity index (χ1n) is 5.08. The Morgan fingerprint density at radius 2 is 2.11 bits per heavy atom. The molecule has 2 rings (SSSR count). The summed E-state index contributed by atoms with van der Waals surface area (Å²) in [6.07, 6.45) is 0.143. The maximum atomic E-state index is 11.8. The molecule has 0 N–H and O–H groups in total. The van der Waals surface area contributed by atoms with E-state index in [0.717, 1.165) is 10.0 Å². The molecule has 0 saturated heterocycles. The first kappa shape index (κ1) is 12.5. The molecule has 5 nitrogen and oxygen atoms in total. The molecule has 0 saturated carbocycles. The van der Waals surface area contributed by atoms with Crippen LogP contribution < -0.4 is 0 Å². The van der Waals surface area contributed by atoms with E-state index in [-0.39, 0.29) is 18.0 Å². The molecule has 0 radical (unpaired) electrons. The van der Waals surface area contributed by atoms with E-state index in [9.17, 15) is 14.9 Å². The van der Waals surface area contributed by atoms with E-state index in [0.29, 0.717) is 0 Å². The zero-order valence-corrected chi connectivity index (χ0v) is 10.7. The maximum Gasteiger partial charge on any atom is 0.433 e. The molecular weight excluding hydrogens is 302 g/mol. The zero-order valence-electron chi connectivity index (χ0n) is 9.13. The number of furan rings is 1. The summed E-state index contributed by atoms with van der Waals surface area (Å²) < 4.78 is 5.72. The predicted octanol–water partition coefficient (Wildman–Crippen LogP) is 3.38. The van der Waals surface area contributed by atoms with Gasteiger partial charge in [0, 0.05) is 10.9 Å². The highest BCUT2D eigenvalue weighted by atomic mass is 79.9. The van der Waals surface area contributed by atoms with Crippen molar-refractivity contribution < 1.29 is 14.1 Å². The summed E-state index contributed by atoms with van der Waals surface area (Å²) in [5, 5.41) is 10.4. The Hall–Kier alpha value is -1.95. The summed E-state index contributed by atoms with van der Waals surface area (Å²) in [5.74, 6) is -0.713. The highest BCUT2D eigenvalue weighted by molar-refractivity contribution is 9.10. The van der Waals surface area contributed by atoms with Crippen LogP contribution in [0.2, 0.25) is 0 Å². The number of nitro groups is 1. The third-order valence-electron chi connectivity index (χ3n) is 2.30. The van der Waals surface area contributed by atoms with E-state index in [2.05, 4.69) is 15.9 Å². The lowest BCUT2D eigenvalue weighted by Gasteiger charge is -1.99. The Bertz CT molecular complexity index is 606. The predicted molar refractivity (Wildman–Crippen MR) is 67.5 cm³/mol. The molecule has 1 aromatic carbocycles. The number of carbonyl (C=O) groups excluding carboxylic acids is 1. The molecule has 6 heteroatoms. The second-order valence-electron chi connectivity index (χ2n) is 3.62. The van der Waals surface area contributed by atoms with Gasteiger partial charge in [-0.1, -0.05) is 28.1 Å². The number of hydrogen-bond donors (Lipinski definition) is 0. The molecule has 18 heavy (non-hydrogen) atoms. The van der Waals surface area contributed by atoms with Crippen LogP contribution >= 0.6 is 15.9 Å². The van der Waals surface area contributed by atoms with Crippen LogP contribution in [-0.2, 0) is 6.42 Å². The van der Waals surface area contributed by atoms with Crippen molar-refractivity contribution in [2.24, 2.45) is 0 Å². The van der Waals surface area contributed by atoms with Gasteiger partial charge in [-0.3, -0.25) is 14.9 Å². The van der Waals surface area contributed by atoms with Crippen LogP contribution in [0.3, 0.4) is 0 Å². The Labute approximate surface area is 111 Å². The Morgan fingerprint density at radius 3 is 2.72 bits per heavy atom. The van der Waals surface area contributed by atoms with E-state index in [4.69, 9.17) is 4.42 Å². The summed E-state index contributed by atoms with van der Waals surface area (Å²) in [6, 6.07) is 9.78. The average molecular weight is 310 g/mol. The van der Waals surface area contributed by atoms with Gasteiger partial charge in [0.1, 0.15) is 4.92 Å². The van der Waals surface area contributed by atoms with Crippen molar-refractivity contribution in [2.75, 3.05) is 0 Å². The first-order valence-corrected chi connectivity index (χ1v) is 5.87. The minimum atomic E-state index is -0.671. The second kappa shape index (κ2) is 5.14. The molecular formula is C12H8BrNO4. The summed E-state index contributed by atoms with van der Waals surface area (Å²) in [5.41, 5.74) is 0.813. The van der Waals surface area contributed by atoms with Crippen LogP contribution in [0.5, 0.6) is 0 Å². The second-order valence-corrected chi connectivity index (χ2v) is 4.54. The van der Waals surface area contributed by atoms with Gasteiger partial charge in [0.15, 0.2) is 5.76 Å². The third-order valence-corrected chi connectivity index (χ3v) is 2.79. The molecule has 2 aromatic rings. The van der Waals surface area contributed by atoms with E-state index in [1.807, 2.05) is 18.2 Å². The van der Waals surface area contributed by atoms with Crippen LogP contribution in [-0.4, -0.2) is 10.7 Å². The number of carbonyl (C=O) groups is 1. The molecule has 0 unspecified atom stereocenters. The number of ketones is 1. The normalized spacial score (nSPS) is 10.3. The van der Waals surface area contributed by atoms with Crippen LogP contribution in [0, 0.1) is 10.1 Å². The van der Waals surface area contributed by atoms with Gasteiger partial charge < -0.3 is 4.42 Å². The highest BCUT2D eigenvalue weighted by Crippen LogP contribution is 2.18. The number of nitrogens with zero attached hydrogens (tertiary/aromatic N) is 1. The lowest BCUT2D eigenvalue weighted by Crippen LogP contribution is -2.01. The maximum absolute atomic E-state index is 11.8. The number of Topliss-reactive ketones (excluding diaryl/α,β-unsaturated/α-hetero) is 1. The Balaban J connectivity index is 2.14. The minimum Gasteiger partial charge on any atom is -0.397 e. The summed E-state index contributed by atoms with van der Waals surface area (Å²) in [4.78, 5) is 21.6. The standard InChI is InChI=1S/C12H8BrNO4/c13-9-3-1-2-8(6-9)7-10(15)11-4-5-12(18-11)14(16)17/h1-6H,7H2. The lowest BCUT2D eigenvalue weighted by atomic mass is 10.1. The number of hydrogen-bond acceptors (Lipinski definition) is 4. The van der Waals surface area contributed by atoms with Crippen LogP contribution in [0.1, 0.15) is 16.1 Å². The summed E-state index contributed by atoms with van der Waals surface area (Å²) >= 11 is 3.31. The van der Waals surface area contributed by atoms with Gasteiger partial charge in [0.2, 0.25) is 5.78 Å². The monoisotopic (exact) mass is 309 g/mol. The smallest absolute Gasteiger partial charge is 0.397 e. The Morgan fingerprint density at radius 1 is 1.33 bits per heavy atom. The number of rotatable bonds is 4. The fourth-order valence-electron chi connectivity index (χ4n) is 1.50. The third kappa shape index (κ3) is 2.84. The molecule has 1 heterocycles. The van der Waals surface area contributed by atoms with Crippen LogP contribution in [0.15, 0.2) is 45.3 Å². The Kier molecular flexibility index (Phi) is 3.57. The molecule has 0 spiro atoms. The van der Waals surface area contributed by atoms with Crippen LogP contribution in [0.25, 0.3) is 0 Å². The summed E-state index contributed by atoms with van der Waals surface area (Å²) in [6.45, 7) is 0. The van der Waals surface area contributed by atoms with Gasteiger partial charge in [-0.2, -0.15) is 0 Å². The summed E-state index contributed by atoms with van der Waals surface area (Å²) in [7, 11) is 0. The number of benzene rings is 1. The SMILES string of the molecule is O=C(Cc1cccc(Br)c1)c1ccc([N+](=O)[O-])o1.